The third-order valence-electron chi connectivity index (χ3n) is 2.57. The molecule has 2 heteroatoms. The molecular formula is C13H14BrN. The van der Waals surface area contributed by atoms with Crippen LogP contribution in [0.25, 0.3) is 10.8 Å². The summed E-state index contributed by atoms with van der Waals surface area (Å²) < 4.78 is 0. The Hall–Kier alpha value is -0.890. The monoisotopic (exact) mass is 263 g/mol. The summed E-state index contributed by atoms with van der Waals surface area (Å²) >= 11 is 3.72. The van der Waals surface area contributed by atoms with Crippen molar-refractivity contribution < 1.29 is 0 Å². The number of hydrogen-bond acceptors (Lipinski definition) is 1. The second-order valence-electron chi connectivity index (χ2n) is 4.13. The highest BCUT2D eigenvalue weighted by molar-refractivity contribution is 9.09. The second kappa shape index (κ2) is 4.31. The van der Waals surface area contributed by atoms with Crippen molar-refractivity contribution in [2.24, 2.45) is 5.92 Å². The van der Waals surface area contributed by atoms with Gasteiger partial charge in [-0.25, -0.2) is 0 Å². The van der Waals surface area contributed by atoms with Crippen LogP contribution >= 0.6 is 15.9 Å². The van der Waals surface area contributed by atoms with Gasteiger partial charge in [-0.3, -0.25) is 4.98 Å². The van der Waals surface area contributed by atoms with Crippen LogP contribution in [0.5, 0.6) is 0 Å². The van der Waals surface area contributed by atoms with Gasteiger partial charge >= 0.3 is 0 Å². The van der Waals surface area contributed by atoms with Crippen molar-refractivity contribution >= 4 is 26.7 Å². The van der Waals surface area contributed by atoms with Gasteiger partial charge in [-0.2, -0.15) is 0 Å². The Morgan fingerprint density at radius 1 is 1.13 bits per heavy atom. The fourth-order valence-corrected chi connectivity index (χ4v) is 1.94. The van der Waals surface area contributed by atoms with E-state index in [0.717, 1.165) is 0 Å². The van der Waals surface area contributed by atoms with Crippen molar-refractivity contribution in [2.45, 2.75) is 18.7 Å². The van der Waals surface area contributed by atoms with Crippen molar-refractivity contribution in [2.75, 3.05) is 0 Å². The second-order valence-corrected chi connectivity index (χ2v) is 5.11. The molecule has 2 aromatic rings. The van der Waals surface area contributed by atoms with Crippen molar-refractivity contribution in [1.29, 1.82) is 0 Å². The molecule has 1 atom stereocenters. The molecule has 0 bridgehead atoms. The molecule has 0 fully saturated rings. The first-order chi connectivity index (χ1) is 7.18. The van der Waals surface area contributed by atoms with Gasteiger partial charge < -0.3 is 0 Å². The lowest BCUT2D eigenvalue weighted by atomic mass is 10.0. The summed E-state index contributed by atoms with van der Waals surface area (Å²) in [5.74, 6) is 0.601. The van der Waals surface area contributed by atoms with Crippen molar-refractivity contribution in [3.8, 4) is 0 Å². The van der Waals surface area contributed by atoms with Crippen molar-refractivity contribution in [1.82, 2.24) is 4.98 Å². The zero-order chi connectivity index (χ0) is 10.8. The molecule has 0 N–H and O–H groups in total. The molecule has 15 heavy (non-hydrogen) atoms. The van der Waals surface area contributed by atoms with Crippen LogP contribution in [0.4, 0.5) is 0 Å². The van der Waals surface area contributed by atoms with Crippen LogP contribution in [-0.4, -0.2) is 4.98 Å². The molecule has 1 nitrogen and oxygen atoms in total. The Bertz CT molecular complexity index is 465. The van der Waals surface area contributed by atoms with Crippen molar-refractivity contribution in [3.05, 3.63) is 42.2 Å². The van der Waals surface area contributed by atoms with Gasteiger partial charge in [0.1, 0.15) is 0 Å². The molecule has 0 radical (unpaired) electrons. The number of hydrogen-bond donors (Lipinski definition) is 0. The molecule has 0 aliphatic heterocycles. The first kappa shape index (κ1) is 10.6. The Balaban J connectivity index is 2.47. The number of alkyl halides is 1. The number of fused-ring (bicyclic) bond motifs is 1. The minimum absolute atomic E-state index is 0.426. The van der Waals surface area contributed by atoms with E-state index in [-0.39, 0.29) is 0 Å². The highest BCUT2D eigenvalue weighted by Gasteiger charge is 2.11. The van der Waals surface area contributed by atoms with E-state index in [1.807, 2.05) is 12.4 Å². The minimum Gasteiger partial charge on any atom is -0.264 e. The standard InChI is InChI=1S/C13H14BrN/c1-9(2)13(14)11-3-4-12-8-15-6-5-10(12)7-11/h3-9,13H,1-2H3. The van der Waals surface area contributed by atoms with Gasteiger partial charge in [0.05, 0.1) is 0 Å². The maximum absolute atomic E-state index is 4.11. The number of pyridine rings is 1. The van der Waals surface area contributed by atoms with Gasteiger partial charge in [-0.1, -0.05) is 41.9 Å². The van der Waals surface area contributed by atoms with E-state index in [4.69, 9.17) is 0 Å². The lowest BCUT2D eigenvalue weighted by molar-refractivity contribution is 0.641. The molecule has 1 unspecified atom stereocenters. The third-order valence-corrected chi connectivity index (χ3v) is 4.15. The summed E-state index contributed by atoms with van der Waals surface area (Å²) in [6.45, 7) is 4.44. The Kier molecular flexibility index (Phi) is 3.06. The molecule has 0 saturated heterocycles. The van der Waals surface area contributed by atoms with E-state index >= 15 is 0 Å². The molecule has 1 aromatic heterocycles. The fourth-order valence-electron chi connectivity index (χ4n) is 1.66. The Morgan fingerprint density at radius 2 is 1.93 bits per heavy atom. The summed E-state index contributed by atoms with van der Waals surface area (Å²) in [7, 11) is 0. The highest BCUT2D eigenvalue weighted by atomic mass is 79.9. The van der Waals surface area contributed by atoms with Crippen LogP contribution in [0, 0.1) is 5.92 Å². The predicted octanol–water partition coefficient (Wildman–Crippen LogP) is 4.33. The summed E-state index contributed by atoms with van der Waals surface area (Å²) in [4.78, 5) is 4.54. The van der Waals surface area contributed by atoms with Gasteiger partial charge in [-0.05, 0) is 29.0 Å². The lowest BCUT2D eigenvalue weighted by Gasteiger charge is -2.14. The van der Waals surface area contributed by atoms with Gasteiger partial charge in [0.25, 0.3) is 0 Å². The molecule has 0 amide bonds. The summed E-state index contributed by atoms with van der Waals surface area (Å²) in [6.07, 6.45) is 3.74. The Labute approximate surface area is 98.7 Å². The molecule has 1 aromatic carbocycles. The average Bonchev–Trinajstić information content (AvgIpc) is 2.27. The molecule has 1 heterocycles. The highest BCUT2D eigenvalue weighted by Crippen LogP contribution is 2.32. The molecule has 0 aliphatic rings. The van der Waals surface area contributed by atoms with Gasteiger partial charge in [0.15, 0.2) is 0 Å². The molecule has 0 spiro atoms. The van der Waals surface area contributed by atoms with E-state index in [2.05, 4.69) is 59.0 Å². The fraction of sp³-hybridized carbons (Fsp3) is 0.308. The number of aromatic nitrogens is 1. The van der Waals surface area contributed by atoms with Gasteiger partial charge in [0.2, 0.25) is 0 Å². The Morgan fingerprint density at radius 3 is 2.67 bits per heavy atom. The zero-order valence-electron chi connectivity index (χ0n) is 8.94. The topological polar surface area (TPSA) is 12.9 Å². The first-order valence-corrected chi connectivity index (χ1v) is 6.08. The average molecular weight is 264 g/mol. The molecule has 0 aliphatic carbocycles. The quantitative estimate of drug-likeness (QED) is 0.736. The lowest BCUT2D eigenvalue weighted by Crippen LogP contribution is -1.98. The minimum atomic E-state index is 0.426. The maximum atomic E-state index is 4.11. The largest absolute Gasteiger partial charge is 0.264 e. The number of halogens is 1. The maximum Gasteiger partial charge on any atom is 0.0418 e. The first-order valence-electron chi connectivity index (χ1n) is 5.16. The van der Waals surface area contributed by atoms with Crippen LogP contribution in [0.1, 0.15) is 24.2 Å². The molecule has 2 rings (SSSR count). The van der Waals surface area contributed by atoms with E-state index in [1.54, 1.807) is 0 Å². The molecule has 0 saturated carbocycles. The molecule has 78 valence electrons. The van der Waals surface area contributed by atoms with Gasteiger partial charge in [-0.15, -0.1) is 0 Å². The van der Waals surface area contributed by atoms with Crippen LogP contribution in [0.3, 0.4) is 0 Å². The SMILES string of the molecule is CC(C)C(Br)c1ccc2cnccc2c1. The van der Waals surface area contributed by atoms with Crippen LogP contribution in [-0.2, 0) is 0 Å². The van der Waals surface area contributed by atoms with Gasteiger partial charge in [0, 0.05) is 22.6 Å². The third kappa shape index (κ3) is 2.20. The summed E-state index contributed by atoms with van der Waals surface area (Å²) in [5.41, 5.74) is 1.34. The summed E-state index contributed by atoms with van der Waals surface area (Å²) in [5, 5.41) is 2.46. The summed E-state index contributed by atoms with van der Waals surface area (Å²) in [6, 6.07) is 8.59. The predicted molar refractivity (Wildman–Crippen MR) is 68.2 cm³/mol. The molecular weight excluding hydrogens is 250 g/mol. The normalized spacial score (nSPS) is 13.3. The number of nitrogens with zero attached hydrogens (tertiary/aromatic N) is 1. The smallest absolute Gasteiger partial charge is 0.0418 e. The van der Waals surface area contributed by atoms with E-state index in [9.17, 15) is 0 Å². The number of rotatable bonds is 2. The van der Waals surface area contributed by atoms with Crippen LogP contribution < -0.4 is 0 Å². The van der Waals surface area contributed by atoms with Crippen molar-refractivity contribution in [3.63, 3.8) is 0 Å². The van der Waals surface area contributed by atoms with E-state index < -0.39 is 0 Å². The van der Waals surface area contributed by atoms with Crippen LogP contribution in [0.15, 0.2) is 36.7 Å². The number of benzene rings is 1. The van der Waals surface area contributed by atoms with E-state index in [0.29, 0.717) is 10.7 Å². The zero-order valence-corrected chi connectivity index (χ0v) is 10.5. The van der Waals surface area contributed by atoms with E-state index in [1.165, 1.54) is 16.3 Å². The van der Waals surface area contributed by atoms with Crippen LogP contribution in [0.2, 0.25) is 0 Å².